The van der Waals surface area contributed by atoms with Gasteiger partial charge < -0.3 is 9.64 Å². The Morgan fingerprint density at radius 3 is 2.76 bits per heavy atom. The van der Waals surface area contributed by atoms with Crippen molar-refractivity contribution >= 4 is 5.91 Å². The summed E-state index contributed by atoms with van der Waals surface area (Å²) >= 11 is 0. The molecule has 1 aromatic heterocycles. The highest BCUT2D eigenvalue weighted by Gasteiger charge is 2.50. The molecule has 2 aliphatic heterocycles. The first kappa shape index (κ1) is 19.8. The zero-order chi connectivity index (χ0) is 20.8. The lowest BCUT2D eigenvalue weighted by Gasteiger charge is -2.23. The molecule has 1 aromatic carbocycles. The maximum atomic E-state index is 13.9. The largest absolute Gasteiger partial charge is 0.459 e. The number of aryl methyl sites for hydroxylation is 1. The Morgan fingerprint density at radius 1 is 1.28 bits per heavy atom. The average molecular weight is 398 g/mol. The van der Waals surface area contributed by atoms with Gasteiger partial charge in [-0.15, -0.1) is 0 Å². The van der Waals surface area contributed by atoms with Crippen molar-refractivity contribution in [3.05, 3.63) is 41.9 Å². The van der Waals surface area contributed by atoms with E-state index in [0.29, 0.717) is 11.6 Å². The Hall–Kier alpha value is -2.54. The molecular formula is C22H27FN4O2. The Balaban J connectivity index is 1.61. The van der Waals surface area contributed by atoms with Crippen LogP contribution < -0.4 is 10.1 Å². The van der Waals surface area contributed by atoms with Crippen LogP contribution in [0.4, 0.5) is 4.39 Å². The molecule has 4 rings (SSSR count). The fourth-order valence-electron chi connectivity index (χ4n) is 4.25. The quantitative estimate of drug-likeness (QED) is 0.853. The first-order chi connectivity index (χ1) is 13.7. The molecular weight excluding hydrogens is 371 g/mol. The topological polar surface area (TPSA) is 67.3 Å². The molecule has 2 aromatic rings. The minimum absolute atomic E-state index is 0.0618. The van der Waals surface area contributed by atoms with Gasteiger partial charge in [-0.2, -0.15) is 4.39 Å². The Bertz CT molecular complexity index is 943. The van der Waals surface area contributed by atoms with Crippen molar-refractivity contribution in [2.75, 3.05) is 13.6 Å². The highest BCUT2D eigenvalue weighted by molar-refractivity contribution is 5.88. The number of nitrogens with one attached hydrogen (secondary N) is 1. The summed E-state index contributed by atoms with van der Waals surface area (Å²) in [6, 6.07) is 9.10. The van der Waals surface area contributed by atoms with E-state index in [4.69, 9.17) is 9.72 Å². The predicted octanol–water partition coefficient (Wildman–Crippen LogP) is 3.56. The van der Waals surface area contributed by atoms with Crippen molar-refractivity contribution in [1.82, 2.24) is 20.2 Å². The summed E-state index contributed by atoms with van der Waals surface area (Å²) in [6.45, 7) is 5.45. The minimum atomic E-state index is -1.76. The summed E-state index contributed by atoms with van der Waals surface area (Å²) in [5.74, 6) is -0.456. The summed E-state index contributed by atoms with van der Waals surface area (Å²) in [5, 5.41) is 3.52. The molecule has 1 spiro atoms. The third-order valence-electron chi connectivity index (χ3n) is 5.61. The van der Waals surface area contributed by atoms with E-state index in [1.54, 1.807) is 17.0 Å². The SMILES string of the molecule is Cc1cc(-c2cccc(OC(C)(C)F)c2)nc([C@@H]2CC[C@@]3(CCN(C)C3=O)N2)n1. The third kappa shape index (κ3) is 3.96. The van der Waals surface area contributed by atoms with E-state index in [2.05, 4.69) is 10.3 Å². The molecule has 2 aliphatic rings. The summed E-state index contributed by atoms with van der Waals surface area (Å²) < 4.78 is 19.2. The number of rotatable bonds is 4. The molecule has 0 bridgehead atoms. The van der Waals surface area contributed by atoms with Crippen LogP contribution in [0.2, 0.25) is 0 Å². The maximum absolute atomic E-state index is 13.9. The van der Waals surface area contributed by atoms with E-state index in [-0.39, 0.29) is 11.9 Å². The van der Waals surface area contributed by atoms with E-state index in [0.717, 1.165) is 42.8 Å². The number of hydrogen-bond acceptors (Lipinski definition) is 5. The number of halogens is 1. The van der Waals surface area contributed by atoms with Gasteiger partial charge in [-0.05, 0) is 44.4 Å². The van der Waals surface area contributed by atoms with Crippen LogP contribution in [0, 0.1) is 6.92 Å². The zero-order valence-electron chi connectivity index (χ0n) is 17.3. The number of alkyl halides is 1. The molecule has 29 heavy (non-hydrogen) atoms. The first-order valence-corrected chi connectivity index (χ1v) is 10.0. The van der Waals surface area contributed by atoms with E-state index in [9.17, 15) is 9.18 Å². The Morgan fingerprint density at radius 2 is 2.07 bits per heavy atom. The van der Waals surface area contributed by atoms with Gasteiger partial charge in [0.25, 0.3) is 0 Å². The fourth-order valence-corrected chi connectivity index (χ4v) is 4.25. The van der Waals surface area contributed by atoms with Gasteiger partial charge in [0.2, 0.25) is 11.8 Å². The molecule has 1 amide bonds. The van der Waals surface area contributed by atoms with Gasteiger partial charge in [-0.3, -0.25) is 10.1 Å². The van der Waals surface area contributed by atoms with Crippen molar-refractivity contribution in [2.45, 2.75) is 57.5 Å². The lowest BCUT2D eigenvalue weighted by atomic mass is 9.96. The molecule has 3 heterocycles. The van der Waals surface area contributed by atoms with Crippen molar-refractivity contribution < 1.29 is 13.9 Å². The second-order valence-electron chi connectivity index (χ2n) is 8.54. The molecule has 0 aliphatic carbocycles. The van der Waals surface area contributed by atoms with E-state index < -0.39 is 11.4 Å². The van der Waals surface area contributed by atoms with E-state index in [1.807, 2.05) is 32.2 Å². The van der Waals surface area contributed by atoms with Crippen molar-refractivity contribution in [3.63, 3.8) is 0 Å². The highest BCUT2D eigenvalue weighted by atomic mass is 19.2. The van der Waals surface area contributed by atoms with Crippen LogP contribution in [-0.4, -0.2) is 45.8 Å². The van der Waals surface area contributed by atoms with Gasteiger partial charge in [0.15, 0.2) is 0 Å². The smallest absolute Gasteiger partial charge is 0.242 e. The van der Waals surface area contributed by atoms with Gasteiger partial charge in [-0.1, -0.05) is 12.1 Å². The van der Waals surface area contributed by atoms with Crippen LogP contribution in [-0.2, 0) is 4.79 Å². The van der Waals surface area contributed by atoms with Crippen LogP contribution in [0.15, 0.2) is 30.3 Å². The molecule has 0 radical (unpaired) electrons. The number of benzene rings is 1. The lowest BCUT2D eigenvalue weighted by molar-refractivity contribution is -0.131. The highest BCUT2D eigenvalue weighted by Crippen LogP contribution is 2.38. The molecule has 6 nitrogen and oxygen atoms in total. The van der Waals surface area contributed by atoms with Crippen LogP contribution in [0.3, 0.4) is 0 Å². The number of hydrogen-bond donors (Lipinski definition) is 1. The first-order valence-electron chi connectivity index (χ1n) is 10.0. The second kappa shape index (κ2) is 7.06. The standard InChI is InChI=1S/C22H27FN4O2/c1-14-12-18(15-6-5-7-16(13-15)29-21(2,3)23)25-19(24-14)17-8-9-22(26-17)10-11-27(4)20(22)28/h5-7,12-13,17,26H,8-11H2,1-4H3/t17-,22-/m0/s1. The predicted molar refractivity (Wildman–Crippen MR) is 108 cm³/mol. The number of nitrogens with zero attached hydrogens (tertiary/aromatic N) is 3. The molecule has 2 fully saturated rings. The van der Waals surface area contributed by atoms with Gasteiger partial charge in [0.1, 0.15) is 17.1 Å². The number of ether oxygens (including phenoxy) is 1. The Kier molecular flexibility index (Phi) is 4.81. The second-order valence-corrected chi connectivity index (χ2v) is 8.54. The number of aromatic nitrogens is 2. The van der Waals surface area contributed by atoms with Crippen LogP contribution in [0.5, 0.6) is 5.75 Å². The molecule has 7 heteroatoms. The van der Waals surface area contributed by atoms with Gasteiger partial charge in [-0.25, -0.2) is 9.97 Å². The number of carbonyl (C=O) groups excluding carboxylic acids is 1. The number of likely N-dealkylation sites (N-methyl/N-ethyl adjacent to an activating group) is 1. The number of likely N-dealkylation sites (tertiary alicyclic amines) is 1. The van der Waals surface area contributed by atoms with Crippen molar-refractivity contribution in [3.8, 4) is 17.0 Å². The van der Waals surface area contributed by atoms with Crippen LogP contribution in [0.1, 0.15) is 50.7 Å². The fraction of sp³-hybridized carbons (Fsp3) is 0.500. The minimum Gasteiger partial charge on any atom is -0.459 e. The summed E-state index contributed by atoms with van der Waals surface area (Å²) in [6.07, 6.45) is 2.43. The summed E-state index contributed by atoms with van der Waals surface area (Å²) in [4.78, 5) is 23.8. The number of carbonyl (C=O) groups is 1. The summed E-state index contributed by atoms with van der Waals surface area (Å²) in [5.41, 5.74) is 1.96. The van der Waals surface area contributed by atoms with Gasteiger partial charge in [0.05, 0.1) is 11.7 Å². The number of amides is 1. The monoisotopic (exact) mass is 398 g/mol. The third-order valence-corrected chi connectivity index (χ3v) is 5.61. The molecule has 0 unspecified atom stereocenters. The van der Waals surface area contributed by atoms with Crippen LogP contribution >= 0.6 is 0 Å². The van der Waals surface area contributed by atoms with Gasteiger partial charge in [0, 0.05) is 38.7 Å². The molecule has 154 valence electrons. The molecule has 1 N–H and O–H groups in total. The Labute approximate surface area is 170 Å². The van der Waals surface area contributed by atoms with E-state index in [1.165, 1.54) is 13.8 Å². The molecule has 2 atom stereocenters. The molecule has 0 saturated carbocycles. The average Bonchev–Trinajstić information content (AvgIpc) is 3.20. The zero-order valence-corrected chi connectivity index (χ0v) is 17.3. The van der Waals surface area contributed by atoms with Crippen molar-refractivity contribution in [2.24, 2.45) is 0 Å². The lowest BCUT2D eigenvalue weighted by Crippen LogP contribution is -2.47. The van der Waals surface area contributed by atoms with Crippen LogP contribution in [0.25, 0.3) is 11.3 Å². The van der Waals surface area contributed by atoms with E-state index >= 15 is 0 Å². The van der Waals surface area contributed by atoms with Crippen molar-refractivity contribution in [1.29, 1.82) is 0 Å². The normalized spacial score (nSPS) is 24.5. The van der Waals surface area contributed by atoms with Gasteiger partial charge >= 0.3 is 0 Å². The summed E-state index contributed by atoms with van der Waals surface area (Å²) in [7, 11) is 1.85. The molecule has 2 saturated heterocycles. The maximum Gasteiger partial charge on any atom is 0.242 e.